The topological polar surface area (TPSA) is 26.0 Å². The molecule has 1 rings (SSSR count). The molecule has 56 valence electrons. The summed E-state index contributed by atoms with van der Waals surface area (Å²) in [7, 11) is 0. The molecule has 0 amide bonds. The first-order chi connectivity index (χ1) is 5.27. The molecule has 2 N–H and O–H groups in total. The van der Waals surface area contributed by atoms with E-state index in [0.717, 1.165) is 11.1 Å². The zero-order chi connectivity index (χ0) is 8.27. The second kappa shape index (κ2) is 3.43. The Morgan fingerprint density at radius 1 is 1.55 bits per heavy atom. The summed E-state index contributed by atoms with van der Waals surface area (Å²) in [6, 6.07) is 5.34. The van der Waals surface area contributed by atoms with Crippen molar-refractivity contribution in [2.75, 3.05) is 0 Å². The van der Waals surface area contributed by atoms with Gasteiger partial charge >= 0.3 is 0 Å². The van der Waals surface area contributed by atoms with Gasteiger partial charge < -0.3 is 5.73 Å². The minimum absolute atomic E-state index is 0.431. The monoisotopic (exact) mass is 165 g/mol. The number of hydrogen-bond acceptors (Lipinski definition) is 1. The van der Waals surface area contributed by atoms with Crippen LogP contribution in [0.15, 0.2) is 18.2 Å². The van der Waals surface area contributed by atoms with Crippen LogP contribution in [0.25, 0.3) is 0 Å². The summed E-state index contributed by atoms with van der Waals surface area (Å²) in [5.41, 5.74) is 7.17. The maximum atomic E-state index is 5.73. The first kappa shape index (κ1) is 8.13. The third-order valence-corrected chi connectivity index (χ3v) is 1.68. The Bertz CT molecular complexity index is 299. The maximum Gasteiger partial charge on any atom is 0.0410 e. The quantitative estimate of drug-likeness (QED) is 0.631. The van der Waals surface area contributed by atoms with Crippen LogP contribution in [-0.2, 0) is 6.54 Å². The molecule has 1 aromatic carbocycles. The number of terminal acetylenes is 1. The van der Waals surface area contributed by atoms with Crippen LogP contribution in [0, 0.1) is 12.3 Å². The lowest BCUT2D eigenvalue weighted by atomic mass is 10.1. The van der Waals surface area contributed by atoms with Crippen LogP contribution in [0.5, 0.6) is 0 Å². The smallest absolute Gasteiger partial charge is 0.0410 e. The predicted molar refractivity (Wildman–Crippen MR) is 47.3 cm³/mol. The van der Waals surface area contributed by atoms with Crippen LogP contribution < -0.4 is 5.73 Å². The molecule has 1 nitrogen and oxygen atoms in total. The van der Waals surface area contributed by atoms with Gasteiger partial charge in [0, 0.05) is 17.1 Å². The minimum atomic E-state index is 0.431. The molecule has 0 aromatic heterocycles. The fourth-order valence-corrected chi connectivity index (χ4v) is 1.07. The van der Waals surface area contributed by atoms with E-state index in [1.807, 2.05) is 0 Å². The van der Waals surface area contributed by atoms with Crippen molar-refractivity contribution in [2.45, 2.75) is 6.54 Å². The highest BCUT2D eigenvalue weighted by Crippen LogP contribution is 2.14. The van der Waals surface area contributed by atoms with Gasteiger partial charge in [0.25, 0.3) is 0 Å². The zero-order valence-corrected chi connectivity index (χ0v) is 6.73. The highest BCUT2D eigenvalue weighted by atomic mass is 35.5. The van der Waals surface area contributed by atoms with Crippen molar-refractivity contribution in [3.05, 3.63) is 34.3 Å². The summed E-state index contributed by atoms with van der Waals surface area (Å²) in [4.78, 5) is 0. The van der Waals surface area contributed by atoms with Crippen molar-refractivity contribution in [1.82, 2.24) is 0 Å². The van der Waals surface area contributed by atoms with E-state index in [-0.39, 0.29) is 0 Å². The van der Waals surface area contributed by atoms with E-state index in [2.05, 4.69) is 5.92 Å². The molecule has 0 heterocycles. The molecular formula is C9H8ClN. The van der Waals surface area contributed by atoms with Crippen molar-refractivity contribution in [3.8, 4) is 12.3 Å². The van der Waals surface area contributed by atoms with E-state index in [0.29, 0.717) is 11.6 Å². The molecule has 11 heavy (non-hydrogen) atoms. The third-order valence-electron chi connectivity index (χ3n) is 1.44. The number of benzene rings is 1. The lowest BCUT2D eigenvalue weighted by Crippen LogP contribution is -1.98. The molecule has 0 unspecified atom stereocenters. The number of halogens is 1. The van der Waals surface area contributed by atoms with Crippen LogP contribution in [0.4, 0.5) is 0 Å². The molecule has 0 spiro atoms. The Hall–Kier alpha value is -0.970. The molecule has 0 fully saturated rings. The SMILES string of the molecule is C#Cc1ccc(Cl)cc1CN. The predicted octanol–water partition coefficient (Wildman–Crippen LogP) is 1.78. The molecular weight excluding hydrogens is 158 g/mol. The summed E-state index contributed by atoms with van der Waals surface area (Å²) in [5, 5.41) is 0.671. The van der Waals surface area contributed by atoms with Gasteiger partial charge in [-0.15, -0.1) is 6.42 Å². The van der Waals surface area contributed by atoms with Gasteiger partial charge in [0.2, 0.25) is 0 Å². The zero-order valence-electron chi connectivity index (χ0n) is 5.97. The highest BCUT2D eigenvalue weighted by Gasteiger charge is 1.97. The molecule has 0 saturated heterocycles. The van der Waals surface area contributed by atoms with Crippen LogP contribution in [0.2, 0.25) is 5.02 Å². The Morgan fingerprint density at radius 3 is 2.82 bits per heavy atom. The third kappa shape index (κ3) is 1.74. The molecule has 0 bridgehead atoms. The maximum absolute atomic E-state index is 5.73. The second-order valence-electron chi connectivity index (χ2n) is 2.15. The molecule has 1 aromatic rings. The Morgan fingerprint density at radius 2 is 2.27 bits per heavy atom. The average molecular weight is 166 g/mol. The van der Waals surface area contributed by atoms with Crippen molar-refractivity contribution in [3.63, 3.8) is 0 Å². The molecule has 2 heteroatoms. The van der Waals surface area contributed by atoms with Crippen molar-refractivity contribution in [1.29, 1.82) is 0 Å². The lowest BCUT2D eigenvalue weighted by Gasteiger charge is -2.00. The van der Waals surface area contributed by atoms with Crippen LogP contribution in [0.3, 0.4) is 0 Å². The van der Waals surface area contributed by atoms with Gasteiger partial charge in [-0.1, -0.05) is 17.5 Å². The molecule has 0 aliphatic rings. The minimum Gasteiger partial charge on any atom is -0.326 e. The van der Waals surface area contributed by atoms with Gasteiger partial charge in [-0.2, -0.15) is 0 Å². The number of rotatable bonds is 1. The van der Waals surface area contributed by atoms with Gasteiger partial charge in [0.1, 0.15) is 0 Å². The Labute approximate surface area is 71.2 Å². The normalized spacial score (nSPS) is 9.18. The fourth-order valence-electron chi connectivity index (χ4n) is 0.872. The molecule has 0 aliphatic heterocycles. The summed E-state index contributed by atoms with van der Waals surface area (Å²) >= 11 is 5.73. The van der Waals surface area contributed by atoms with E-state index in [1.54, 1.807) is 18.2 Å². The van der Waals surface area contributed by atoms with Gasteiger partial charge in [-0.05, 0) is 23.8 Å². The molecule has 0 atom stereocenters. The van der Waals surface area contributed by atoms with E-state index >= 15 is 0 Å². The van der Waals surface area contributed by atoms with Crippen molar-refractivity contribution < 1.29 is 0 Å². The second-order valence-corrected chi connectivity index (χ2v) is 2.59. The van der Waals surface area contributed by atoms with Gasteiger partial charge in [0.05, 0.1) is 0 Å². The summed E-state index contributed by atoms with van der Waals surface area (Å²) in [6.45, 7) is 0.431. The first-order valence-electron chi connectivity index (χ1n) is 3.23. The molecule has 0 saturated carbocycles. The lowest BCUT2D eigenvalue weighted by molar-refractivity contribution is 1.06. The van der Waals surface area contributed by atoms with Gasteiger partial charge in [-0.25, -0.2) is 0 Å². The molecule has 0 radical (unpaired) electrons. The van der Waals surface area contributed by atoms with Gasteiger partial charge in [-0.3, -0.25) is 0 Å². The van der Waals surface area contributed by atoms with Gasteiger partial charge in [0.15, 0.2) is 0 Å². The highest BCUT2D eigenvalue weighted by molar-refractivity contribution is 6.30. The first-order valence-corrected chi connectivity index (χ1v) is 3.61. The van der Waals surface area contributed by atoms with Crippen LogP contribution in [0.1, 0.15) is 11.1 Å². The van der Waals surface area contributed by atoms with Crippen molar-refractivity contribution in [2.24, 2.45) is 5.73 Å². The van der Waals surface area contributed by atoms with E-state index in [1.165, 1.54) is 0 Å². The molecule has 0 aliphatic carbocycles. The Balaban J connectivity index is 3.19. The summed E-state index contributed by atoms with van der Waals surface area (Å²) in [5.74, 6) is 2.54. The number of hydrogen-bond donors (Lipinski definition) is 1. The van der Waals surface area contributed by atoms with E-state index < -0.39 is 0 Å². The summed E-state index contributed by atoms with van der Waals surface area (Å²) < 4.78 is 0. The van der Waals surface area contributed by atoms with Crippen LogP contribution in [-0.4, -0.2) is 0 Å². The largest absolute Gasteiger partial charge is 0.326 e. The fraction of sp³-hybridized carbons (Fsp3) is 0.111. The van der Waals surface area contributed by atoms with Crippen molar-refractivity contribution >= 4 is 11.6 Å². The standard InChI is InChI=1S/C9H8ClN/c1-2-7-3-4-9(10)5-8(7)6-11/h1,3-5H,6,11H2. The van der Waals surface area contributed by atoms with Crippen LogP contribution >= 0.6 is 11.6 Å². The van der Waals surface area contributed by atoms with E-state index in [4.69, 9.17) is 23.8 Å². The summed E-state index contributed by atoms with van der Waals surface area (Å²) in [6.07, 6.45) is 5.23. The Kier molecular flexibility index (Phi) is 2.53. The average Bonchev–Trinajstić information content (AvgIpc) is 2.04. The van der Waals surface area contributed by atoms with E-state index in [9.17, 15) is 0 Å². The number of nitrogens with two attached hydrogens (primary N) is 1.